The van der Waals surface area contributed by atoms with Crippen LogP contribution in [0.4, 0.5) is 5.95 Å². The van der Waals surface area contributed by atoms with E-state index in [-0.39, 0.29) is 0 Å². The summed E-state index contributed by atoms with van der Waals surface area (Å²) < 4.78 is 0. The largest absolute Gasteiger partial charge is 0.478 e. The van der Waals surface area contributed by atoms with Crippen LogP contribution in [0.15, 0.2) is 18.5 Å². The molecule has 1 N–H and O–H groups in total. The summed E-state index contributed by atoms with van der Waals surface area (Å²) in [6, 6.07) is 0. The summed E-state index contributed by atoms with van der Waals surface area (Å²) in [6.07, 6.45) is 5.81. The molecule has 1 heterocycles. The molecule has 0 spiro atoms. The molecule has 0 aliphatic rings. The zero-order valence-corrected chi connectivity index (χ0v) is 11.0. The van der Waals surface area contributed by atoms with Crippen molar-refractivity contribution in [3.63, 3.8) is 0 Å². The molecule has 5 heteroatoms. The lowest BCUT2D eigenvalue weighted by Crippen LogP contribution is -2.28. The average Bonchev–Trinajstić information content (AvgIpc) is 2.34. The van der Waals surface area contributed by atoms with Crippen LogP contribution in [0, 0.1) is 5.92 Å². The lowest BCUT2D eigenvalue weighted by molar-refractivity contribution is -0.131. The van der Waals surface area contributed by atoms with Gasteiger partial charge in [0.05, 0.1) is 0 Å². The molecule has 1 aromatic heterocycles. The quantitative estimate of drug-likeness (QED) is 0.782. The first kappa shape index (κ1) is 14.2. The van der Waals surface area contributed by atoms with Crippen LogP contribution in [-0.2, 0) is 4.79 Å². The van der Waals surface area contributed by atoms with Crippen molar-refractivity contribution in [2.24, 2.45) is 5.92 Å². The zero-order valence-electron chi connectivity index (χ0n) is 11.0. The number of aromatic nitrogens is 2. The summed E-state index contributed by atoms with van der Waals surface area (Å²) in [5.74, 6) is 0.243. The molecule has 0 aliphatic carbocycles. The van der Waals surface area contributed by atoms with Crippen LogP contribution in [0.2, 0.25) is 0 Å². The lowest BCUT2D eigenvalue weighted by atomic mass is 10.2. The van der Waals surface area contributed by atoms with Gasteiger partial charge in [0, 0.05) is 37.1 Å². The molecular weight excluding hydrogens is 230 g/mol. The summed E-state index contributed by atoms with van der Waals surface area (Å²) >= 11 is 0. The summed E-state index contributed by atoms with van der Waals surface area (Å²) in [5.41, 5.74) is 0.682. The van der Waals surface area contributed by atoms with Crippen molar-refractivity contribution >= 4 is 18.0 Å². The predicted molar refractivity (Wildman–Crippen MR) is 71.4 cm³/mol. The highest BCUT2D eigenvalue weighted by molar-refractivity contribution is 5.85. The van der Waals surface area contributed by atoms with E-state index in [0.717, 1.165) is 19.2 Å². The van der Waals surface area contributed by atoms with Gasteiger partial charge in [0.25, 0.3) is 0 Å². The minimum Gasteiger partial charge on any atom is -0.478 e. The number of carboxylic acid groups (broad SMARTS) is 1. The Morgan fingerprint density at radius 1 is 1.44 bits per heavy atom. The zero-order chi connectivity index (χ0) is 13.5. The van der Waals surface area contributed by atoms with Crippen molar-refractivity contribution < 1.29 is 9.90 Å². The second kappa shape index (κ2) is 6.74. The van der Waals surface area contributed by atoms with Crippen molar-refractivity contribution in [2.45, 2.75) is 20.8 Å². The standard InChI is InChI=1S/C13H19N3O2/c1-4-16(9-10(2)3)13-14-7-11(8-15-13)5-6-12(17)18/h5-8,10H,4,9H2,1-3H3,(H,17,18)/b6-5+. The van der Waals surface area contributed by atoms with Crippen molar-refractivity contribution in [2.75, 3.05) is 18.0 Å². The SMILES string of the molecule is CCN(CC(C)C)c1ncc(/C=C/C(=O)O)cn1. The number of aliphatic carboxylic acids is 1. The number of nitrogens with zero attached hydrogens (tertiary/aromatic N) is 3. The molecule has 18 heavy (non-hydrogen) atoms. The fourth-order valence-corrected chi connectivity index (χ4v) is 1.54. The Labute approximate surface area is 107 Å². The van der Waals surface area contributed by atoms with Gasteiger partial charge in [-0.3, -0.25) is 0 Å². The van der Waals surface area contributed by atoms with Crippen LogP contribution >= 0.6 is 0 Å². The summed E-state index contributed by atoms with van der Waals surface area (Å²) in [7, 11) is 0. The fraction of sp³-hybridized carbons (Fsp3) is 0.462. The molecule has 0 saturated heterocycles. The van der Waals surface area contributed by atoms with Crippen LogP contribution in [0.25, 0.3) is 6.08 Å². The van der Waals surface area contributed by atoms with Crippen molar-refractivity contribution in [1.82, 2.24) is 9.97 Å². The van der Waals surface area contributed by atoms with E-state index in [4.69, 9.17) is 5.11 Å². The van der Waals surface area contributed by atoms with Crippen molar-refractivity contribution in [3.8, 4) is 0 Å². The number of carboxylic acids is 1. The molecule has 0 bridgehead atoms. The molecular formula is C13H19N3O2. The Bertz CT molecular complexity index is 413. The second-order valence-electron chi connectivity index (χ2n) is 4.42. The van der Waals surface area contributed by atoms with Crippen molar-refractivity contribution in [3.05, 3.63) is 24.0 Å². The maximum absolute atomic E-state index is 10.4. The second-order valence-corrected chi connectivity index (χ2v) is 4.42. The first-order valence-electron chi connectivity index (χ1n) is 6.01. The van der Waals surface area contributed by atoms with E-state index in [1.165, 1.54) is 6.08 Å². The topological polar surface area (TPSA) is 66.3 Å². The molecule has 0 atom stereocenters. The monoisotopic (exact) mass is 249 g/mol. The Kier molecular flexibility index (Phi) is 5.30. The summed E-state index contributed by atoms with van der Waals surface area (Å²) in [4.78, 5) is 21.0. The van der Waals surface area contributed by atoms with Crippen LogP contribution in [0.3, 0.4) is 0 Å². The molecule has 0 radical (unpaired) electrons. The van der Waals surface area contributed by atoms with Gasteiger partial charge >= 0.3 is 5.97 Å². The van der Waals surface area contributed by atoms with E-state index in [9.17, 15) is 4.79 Å². The Hall–Kier alpha value is -1.91. The molecule has 98 valence electrons. The van der Waals surface area contributed by atoms with Gasteiger partial charge in [0.2, 0.25) is 5.95 Å². The third kappa shape index (κ3) is 4.53. The molecule has 1 aromatic rings. The number of carbonyl (C=O) groups is 1. The first-order chi connectivity index (χ1) is 8.52. The average molecular weight is 249 g/mol. The molecule has 0 unspecified atom stereocenters. The highest BCUT2D eigenvalue weighted by Crippen LogP contribution is 2.10. The molecule has 0 saturated carbocycles. The number of hydrogen-bond acceptors (Lipinski definition) is 4. The Balaban J connectivity index is 2.77. The van der Waals surface area contributed by atoms with Gasteiger partial charge in [-0.15, -0.1) is 0 Å². The maximum Gasteiger partial charge on any atom is 0.328 e. The highest BCUT2D eigenvalue weighted by atomic mass is 16.4. The third-order valence-corrected chi connectivity index (χ3v) is 2.33. The van der Waals surface area contributed by atoms with Crippen LogP contribution in [-0.4, -0.2) is 34.1 Å². The highest BCUT2D eigenvalue weighted by Gasteiger charge is 2.08. The van der Waals surface area contributed by atoms with Gasteiger partial charge in [0.15, 0.2) is 0 Å². The molecule has 1 rings (SSSR count). The number of anilines is 1. The molecule has 0 aliphatic heterocycles. The van der Waals surface area contributed by atoms with Gasteiger partial charge in [-0.05, 0) is 18.9 Å². The van der Waals surface area contributed by atoms with E-state index in [2.05, 4.69) is 35.6 Å². The van der Waals surface area contributed by atoms with Gasteiger partial charge in [-0.1, -0.05) is 13.8 Å². The number of hydrogen-bond donors (Lipinski definition) is 1. The molecule has 5 nitrogen and oxygen atoms in total. The Morgan fingerprint density at radius 3 is 2.50 bits per heavy atom. The molecule has 0 fully saturated rings. The number of rotatable bonds is 6. The molecule has 0 amide bonds. The molecule has 0 aromatic carbocycles. The minimum absolute atomic E-state index is 0.542. The lowest BCUT2D eigenvalue weighted by Gasteiger charge is -2.22. The van der Waals surface area contributed by atoms with E-state index in [1.54, 1.807) is 12.4 Å². The van der Waals surface area contributed by atoms with Crippen molar-refractivity contribution in [1.29, 1.82) is 0 Å². The van der Waals surface area contributed by atoms with Crippen LogP contribution in [0.1, 0.15) is 26.3 Å². The van der Waals surface area contributed by atoms with Crippen LogP contribution in [0.5, 0.6) is 0 Å². The van der Waals surface area contributed by atoms with E-state index >= 15 is 0 Å². The van der Waals surface area contributed by atoms with Gasteiger partial charge in [-0.25, -0.2) is 14.8 Å². The minimum atomic E-state index is -0.978. The Morgan fingerprint density at radius 2 is 2.06 bits per heavy atom. The maximum atomic E-state index is 10.4. The van der Waals surface area contributed by atoms with E-state index in [1.807, 2.05) is 0 Å². The van der Waals surface area contributed by atoms with Gasteiger partial charge in [-0.2, -0.15) is 0 Å². The fourth-order valence-electron chi connectivity index (χ4n) is 1.54. The summed E-state index contributed by atoms with van der Waals surface area (Å²) in [5, 5.41) is 8.52. The third-order valence-electron chi connectivity index (χ3n) is 2.33. The van der Waals surface area contributed by atoms with Crippen LogP contribution < -0.4 is 4.90 Å². The normalized spacial score (nSPS) is 11.1. The predicted octanol–water partition coefficient (Wildman–Crippen LogP) is 2.06. The first-order valence-corrected chi connectivity index (χ1v) is 6.01. The van der Waals surface area contributed by atoms with Gasteiger partial charge in [0.1, 0.15) is 0 Å². The summed E-state index contributed by atoms with van der Waals surface area (Å²) in [6.45, 7) is 8.10. The van der Waals surface area contributed by atoms with Gasteiger partial charge < -0.3 is 10.0 Å². The van der Waals surface area contributed by atoms with E-state index in [0.29, 0.717) is 17.4 Å². The van der Waals surface area contributed by atoms with E-state index < -0.39 is 5.97 Å². The smallest absolute Gasteiger partial charge is 0.328 e.